The Morgan fingerprint density at radius 3 is 2.62 bits per heavy atom. The van der Waals surface area contributed by atoms with Crippen LogP contribution in [0.3, 0.4) is 0 Å². The van der Waals surface area contributed by atoms with Gasteiger partial charge in [-0.2, -0.15) is 0 Å². The number of nitrogens with zero attached hydrogens (tertiary/aromatic N) is 3. The summed E-state index contributed by atoms with van der Waals surface area (Å²) in [6.07, 6.45) is 1.88. The Hall–Kier alpha value is -3.12. The van der Waals surface area contributed by atoms with E-state index in [1.165, 1.54) is 7.11 Å². The number of ether oxygens (including phenoxy) is 2. The van der Waals surface area contributed by atoms with E-state index in [-0.39, 0.29) is 12.4 Å². The quantitative estimate of drug-likeness (QED) is 0.602. The number of methoxy groups -OCH3 is 2. The topological polar surface area (TPSA) is 65.7 Å². The van der Waals surface area contributed by atoms with E-state index in [0.29, 0.717) is 10.8 Å². The summed E-state index contributed by atoms with van der Waals surface area (Å²) >= 11 is 6.09. The third-order valence-electron chi connectivity index (χ3n) is 4.95. The van der Waals surface area contributed by atoms with Gasteiger partial charge in [0.15, 0.2) is 0 Å². The minimum atomic E-state index is -0.486. The highest BCUT2D eigenvalue weighted by molar-refractivity contribution is 6.30. The van der Waals surface area contributed by atoms with E-state index in [2.05, 4.69) is 4.98 Å². The molecule has 0 fully saturated rings. The molecule has 0 bridgehead atoms. The maximum Gasteiger partial charge on any atom is 0.308 e. The Labute approximate surface area is 173 Å². The normalized spacial score (nSPS) is 15.0. The van der Waals surface area contributed by atoms with Crippen LogP contribution in [0.4, 0.5) is 0 Å². The number of carbonyl (C=O) groups excluding carboxylic acids is 1. The van der Waals surface area contributed by atoms with Crippen molar-refractivity contribution in [3.8, 4) is 11.4 Å². The Balaban J connectivity index is 1.99. The summed E-state index contributed by atoms with van der Waals surface area (Å²) in [6, 6.07) is 12.8. The molecule has 2 aromatic carbocycles. The van der Waals surface area contributed by atoms with E-state index in [4.69, 9.17) is 26.1 Å². The second kappa shape index (κ2) is 7.72. The molecule has 1 aliphatic heterocycles. The average Bonchev–Trinajstić information content (AvgIpc) is 3.06. The number of rotatable bonds is 4. The molecule has 0 amide bonds. The van der Waals surface area contributed by atoms with Crippen LogP contribution in [-0.4, -0.2) is 35.5 Å². The summed E-state index contributed by atoms with van der Waals surface area (Å²) in [5.74, 6) is 1.07. The average molecular weight is 410 g/mol. The van der Waals surface area contributed by atoms with Gasteiger partial charge in [-0.1, -0.05) is 23.7 Å². The van der Waals surface area contributed by atoms with E-state index >= 15 is 0 Å². The molecule has 0 unspecified atom stereocenters. The molecule has 0 saturated heterocycles. The van der Waals surface area contributed by atoms with Gasteiger partial charge >= 0.3 is 5.97 Å². The number of hydrogen-bond acceptors (Lipinski definition) is 5. The fraction of sp³-hybridized carbons (Fsp3) is 0.227. The molecular weight excluding hydrogens is 390 g/mol. The Morgan fingerprint density at radius 2 is 1.93 bits per heavy atom. The first-order valence-corrected chi connectivity index (χ1v) is 9.53. The number of fused-ring (bicyclic) bond motifs is 3. The fourth-order valence-electron chi connectivity index (χ4n) is 3.53. The molecule has 3 aromatic rings. The number of imidazole rings is 1. The lowest BCUT2D eigenvalue weighted by atomic mass is 10.00. The number of carbonyl (C=O) groups is 1. The van der Waals surface area contributed by atoms with Gasteiger partial charge in [0, 0.05) is 28.0 Å². The van der Waals surface area contributed by atoms with Gasteiger partial charge in [0.25, 0.3) is 0 Å². The van der Waals surface area contributed by atoms with Crippen molar-refractivity contribution in [1.29, 1.82) is 0 Å². The van der Waals surface area contributed by atoms with E-state index in [0.717, 1.165) is 34.0 Å². The van der Waals surface area contributed by atoms with Gasteiger partial charge < -0.3 is 9.47 Å². The molecule has 0 aliphatic carbocycles. The smallest absolute Gasteiger partial charge is 0.308 e. The lowest BCUT2D eigenvalue weighted by Gasteiger charge is -2.15. The first-order chi connectivity index (χ1) is 14.0. The van der Waals surface area contributed by atoms with Gasteiger partial charge in [-0.05, 0) is 37.3 Å². The molecule has 1 atom stereocenters. The summed E-state index contributed by atoms with van der Waals surface area (Å²) in [5.41, 5.74) is 4.41. The van der Waals surface area contributed by atoms with E-state index in [1.54, 1.807) is 13.3 Å². The number of hydrogen-bond donors (Lipinski definition) is 0. The SMILES string of the molecule is COC(=O)C[C@@H]1N=C(c2ccc(Cl)cc2)c2cc(OC)ccc2-n2c(C)cnc21. The van der Waals surface area contributed by atoms with Crippen LogP contribution in [0.1, 0.15) is 35.1 Å². The molecule has 0 N–H and O–H groups in total. The minimum absolute atomic E-state index is 0.0924. The van der Waals surface area contributed by atoms with Gasteiger partial charge in [0.05, 0.1) is 32.0 Å². The van der Waals surface area contributed by atoms with E-state index < -0.39 is 6.04 Å². The first kappa shape index (κ1) is 19.2. The van der Waals surface area contributed by atoms with Gasteiger partial charge in [-0.15, -0.1) is 0 Å². The highest BCUT2D eigenvalue weighted by Gasteiger charge is 2.29. The summed E-state index contributed by atoms with van der Waals surface area (Å²) in [5, 5.41) is 0.642. The molecule has 7 heteroatoms. The number of halogens is 1. The second-order valence-corrected chi connectivity index (χ2v) is 7.19. The van der Waals surface area contributed by atoms with Gasteiger partial charge in [0.2, 0.25) is 0 Å². The molecule has 0 saturated carbocycles. The van der Waals surface area contributed by atoms with Crippen LogP contribution < -0.4 is 4.74 Å². The van der Waals surface area contributed by atoms with Crippen molar-refractivity contribution in [3.05, 3.63) is 76.3 Å². The van der Waals surface area contributed by atoms with Gasteiger partial charge in [0.1, 0.15) is 17.6 Å². The monoisotopic (exact) mass is 409 g/mol. The standard InChI is InChI=1S/C22H20ClN3O3/c1-13-12-24-22-18(11-20(27)29-3)25-21(14-4-6-15(23)7-5-14)17-10-16(28-2)8-9-19(17)26(13)22/h4-10,12,18H,11H2,1-3H3/t18-/m0/s1. The van der Waals surface area contributed by atoms with Crippen LogP contribution in [0.5, 0.6) is 5.75 Å². The van der Waals surface area contributed by atoms with Crippen molar-refractivity contribution in [2.24, 2.45) is 4.99 Å². The van der Waals surface area contributed by atoms with Crippen molar-refractivity contribution >= 4 is 23.3 Å². The molecule has 6 nitrogen and oxygen atoms in total. The maximum atomic E-state index is 12.1. The lowest BCUT2D eigenvalue weighted by Crippen LogP contribution is -2.12. The molecular formula is C22H20ClN3O3. The molecule has 2 heterocycles. The molecule has 1 aromatic heterocycles. The molecule has 1 aliphatic rings. The second-order valence-electron chi connectivity index (χ2n) is 6.76. The van der Waals surface area contributed by atoms with Crippen LogP contribution >= 0.6 is 11.6 Å². The zero-order chi connectivity index (χ0) is 20.5. The predicted molar refractivity (Wildman–Crippen MR) is 111 cm³/mol. The summed E-state index contributed by atoms with van der Waals surface area (Å²) in [7, 11) is 3.01. The Kier molecular flexibility index (Phi) is 5.11. The fourth-order valence-corrected chi connectivity index (χ4v) is 3.66. The Bertz CT molecular complexity index is 1100. The van der Waals surface area contributed by atoms with Gasteiger partial charge in [-0.3, -0.25) is 14.4 Å². The number of esters is 1. The summed E-state index contributed by atoms with van der Waals surface area (Å²) in [4.78, 5) is 21.6. The molecule has 0 spiro atoms. The van der Waals surface area contributed by atoms with Crippen molar-refractivity contribution in [3.63, 3.8) is 0 Å². The van der Waals surface area contributed by atoms with E-state index in [9.17, 15) is 4.79 Å². The zero-order valence-electron chi connectivity index (χ0n) is 16.3. The predicted octanol–water partition coefficient (Wildman–Crippen LogP) is 4.30. The molecule has 4 rings (SSSR count). The first-order valence-electron chi connectivity index (χ1n) is 9.15. The van der Waals surface area contributed by atoms with Crippen LogP contribution in [0, 0.1) is 6.92 Å². The summed E-state index contributed by atoms with van der Waals surface area (Å²) in [6.45, 7) is 1.98. The molecule has 148 valence electrons. The van der Waals surface area contributed by atoms with Crippen LogP contribution in [0.15, 0.2) is 53.7 Å². The molecule has 0 radical (unpaired) electrons. The highest BCUT2D eigenvalue weighted by atomic mass is 35.5. The third-order valence-corrected chi connectivity index (χ3v) is 5.21. The van der Waals surface area contributed by atoms with Crippen molar-refractivity contribution in [2.75, 3.05) is 14.2 Å². The summed E-state index contributed by atoms with van der Waals surface area (Å²) < 4.78 is 12.4. The highest BCUT2D eigenvalue weighted by Crippen LogP contribution is 2.35. The number of benzene rings is 2. The van der Waals surface area contributed by atoms with Crippen LogP contribution in [0.25, 0.3) is 5.69 Å². The van der Waals surface area contributed by atoms with E-state index in [1.807, 2.05) is 54.0 Å². The van der Waals surface area contributed by atoms with Crippen molar-refractivity contribution in [2.45, 2.75) is 19.4 Å². The third kappa shape index (κ3) is 3.51. The van der Waals surface area contributed by atoms with Gasteiger partial charge in [-0.25, -0.2) is 4.98 Å². The van der Waals surface area contributed by atoms with Crippen molar-refractivity contribution in [1.82, 2.24) is 9.55 Å². The number of aliphatic imine (C=N–C) groups is 1. The zero-order valence-corrected chi connectivity index (χ0v) is 17.1. The number of aromatic nitrogens is 2. The van der Waals surface area contributed by atoms with Crippen molar-refractivity contribution < 1.29 is 14.3 Å². The number of aryl methyl sites for hydroxylation is 1. The Morgan fingerprint density at radius 1 is 1.17 bits per heavy atom. The van der Waals surface area contributed by atoms with Crippen LogP contribution in [0.2, 0.25) is 5.02 Å². The largest absolute Gasteiger partial charge is 0.497 e. The minimum Gasteiger partial charge on any atom is -0.497 e. The lowest BCUT2D eigenvalue weighted by molar-refractivity contribution is -0.141. The van der Waals surface area contributed by atoms with Crippen LogP contribution in [-0.2, 0) is 9.53 Å². The molecule has 29 heavy (non-hydrogen) atoms. The maximum absolute atomic E-state index is 12.1.